The Hall–Kier alpha value is -0.970. The standard InChI is InChI=1S/C45H85NO12/c1-3-5-7-9-11-13-15-17-19-21-23-25-27-33(28-26-24-22-20-18-16-14-12-10-8-6-4-2)32-55-43-40(53)42(39(52)36(31-48)56-43)58-45-29-34(49)37(46-44(45)54)41(57-45)38(51)35(50)30-47/h33-43,47-53H,3-32H2,1-2H3,(H,46,54)/t34-,35+,36+,37+,38+,39-,40+,41+,42-,43+,45-/m0/s1. The Morgan fingerprint density at radius 3 is 1.62 bits per heavy atom. The predicted octanol–water partition coefficient (Wildman–Crippen LogP) is 5.68. The van der Waals surface area contributed by atoms with Gasteiger partial charge in [-0.15, -0.1) is 0 Å². The minimum Gasteiger partial charge on any atom is -0.394 e. The number of hydrogen-bond donors (Lipinski definition) is 8. The van der Waals surface area contributed by atoms with E-state index in [1.54, 1.807) is 0 Å². The van der Waals surface area contributed by atoms with Gasteiger partial charge in [0.25, 0.3) is 11.7 Å². The lowest BCUT2D eigenvalue weighted by Crippen LogP contribution is -2.77. The summed E-state index contributed by atoms with van der Waals surface area (Å²) >= 11 is 0. The maximum Gasteiger partial charge on any atom is 0.280 e. The Bertz CT molecular complexity index is 1030. The molecule has 4 fully saturated rings. The van der Waals surface area contributed by atoms with Crippen LogP contribution in [0.4, 0.5) is 0 Å². The lowest BCUT2D eigenvalue weighted by Gasteiger charge is -2.54. The Morgan fingerprint density at radius 1 is 0.707 bits per heavy atom. The van der Waals surface area contributed by atoms with Crippen LogP contribution >= 0.6 is 0 Å². The molecule has 4 aliphatic rings. The molecule has 0 aliphatic carbocycles. The van der Waals surface area contributed by atoms with E-state index < -0.39 is 86.1 Å². The number of unbranched alkanes of at least 4 members (excludes halogenated alkanes) is 22. The fraction of sp³-hybridized carbons (Fsp3) is 0.978. The first-order valence-electron chi connectivity index (χ1n) is 23.7. The maximum atomic E-state index is 13.2. The van der Waals surface area contributed by atoms with Crippen molar-refractivity contribution in [2.24, 2.45) is 5.92 Å². The van der Waals surface area contributed by atoms with Crippen LogP contribution in [-0.4, -0.2) is 128 Å². The lowest BCUT2D eigenvalue weighted by atomic mass is 9.84. The molecule has 1 amide bonds. The van der Waals surface area contributed by atoms with Gasteiger partial charge in [0.05, 0.1) is 32.0 Å². The molecule has 0 aromatic carbocycles. The highest BCUT2D eigenvalue weighted by atomic mass is 16.7. The van der Waals surface area contributed by atoms with Gasteiger partial charge in [0.2, 0.25) is 0 Å². The van der Waals surface area contributed by atoms with Gasteiger partial charge in [0, 0.05) is 6.42 Å². The quantitative estimate of drug-likeness (QED) is 0.0363. The number of aliphatic hydroxyl groups excluding tert-OH is 7. The second kappa shape index (κ2) is 29.4. The van der Waals surface area contributed by atoms with Gasteiger partial charge in [0.1, 0.15) is 42.7 Å². The molecule has 4 aliphatic heterocycles. The minimum atomic E-state index is -2.25. The van der Waals surface area contributed by atoms with Gasteiger partial charge in [-0.1, -0.05) is 168 Å². The van der Waals surface area contributed by atoms with E-state index in [2.05, 4.69) is 19.2 Å². The first kappa shape index (κ1) is 51.4. The number of carbonyl (C=O) groups is 1. The number of ether oxygens (including phenoxy) is 4. The summed E-state index contributed by atoms with van der Waals surface area (Å²) in [5.74, 6) is -2.83. The fourth-order valence-electron chi connectivity index (χ4n) is 8.93. The average molecular weight is 832 g/mol. The maximum absolute atomic E-state index is 13.2. The third-order valence-electron chi connectivity index (χ3n) is 12.7. The van der Waals surface area contributed by atoms with Crippen molar-refractivity contribution in [1.82, 2.24) is 5.32 Å². The number of carbonyl (C=O) groups excluding carboxylic acids is 1. The average Bonchev–Trinajstić information content (AvgIpc) is 3.22. The first-order valence-corrected chi connectivity index (χ1v) is 23.7. The summed E-state index contributed by atoms with van der Waals surface area (Å²) < 4.78 is 24.0. The van der Waals surface area contributed by atoms with E-state index >= 15 is 0 Å². The molecule has 4 saturated heterocycles. The molecule has 0 radical (unpaired) electrons. The highest BCUT2D eigenvalue weighted by Gasteiger charge is 2.63. The van der Waals surface area contributed by atoms with E-state index in [4.69, 9.17) is 18.9 Å². The number of amides is 1. The smallest absolute Gasteiger partial charge is 0.280 e. The molecule has 0 spiro atoms. The summed E-state index contributed by atoms with van der Waals surface area (Å²) in [7, 11) is 0. The molecule has 342 valence electrons. The summed E-state index contributed by atoms with van der Waals surface area (Å²) in [6.45, 7) is 3.39. The van der Waals surface area contributed by atoms with Crippen molar-refractivity contribution < 1.29 is 59.5 Å². The van der Waals surface area contributed by atoms with Crippen molar-refractivity contribution in [2.45, 2.75) is 254 Å². The zero-order chi connectivity index (χ0) is 42.2. The van der Waals surface area contributed by atoms with E-state index in [9.17, 15) is 40.5 Å². The van der Waals surface area contributed by atoms with Crippen LogP contribution in [0.3, 0.4) is 0 Å². The predicted molar refractivity (Wildman–Crippen MR) is 223 cm³/mol. The van der Waals surface area contributed by atoms with E-state index in [1.807, 2.05) is 0 Å². The van der Waals surface area contributed by atoms with Crippen LogP contribution in [0.5, 0.6) is 0 Å². The fourth-order valence-corrected chi connectivity index (χ4v) is 8.93. The van der Waals surface area contributed by atoms with Crippen LogP contribution in [0.25, 0.3) is 0 Å². The van der Waals surface area contributed by atoms with Crippen molar-refractivity contribution in [3.05, 3.63) is 0 Å². The molecular weight excluding hydrogens is 746 g/mol. The SMILES string of the molecule is CCCCCCCCCCCCCCC(CCCCCCCCCCCCCC)CO[C@@H]1O[C@H](CO)[C@H](O)[C@H](O[C@@]23C[C@H](O)[C@@H](NC2=O)[C@H]([C@H](O)[C@H](O)CO)O3)[C@H]1O. The largest absolute Gasteiger partial charge is 0.394 e. The summed E-state index contributed by atoms with van der Waals surface area (Å²) in [4.78, 5) is 13.2. The van der Waals surface area contributed by atoms with Crippen molar-refractivity contribution in [1.29, 1.82) is 0 Å². The number of hydrogen-bond acceptors (Lipinski definition) is 12. The third-order valence-corrected chi connectivity index (χ3v) is 12.7. The molecule has 2 bridgehead atoms. The molecule has 0 aromatic heterocycles. The second-order valence-electron chi connectivity index (χ2n) is 17.7. The van der Waals surface area contributed by atoms with E-state index in [0.717, 1.165) is 38.5 Å². The van der Waals surface area contributed by atoms with E-state index in [1.165, 1.54) is 128 Å². The molecular formula is C45H85NO12. The van der Waals surface area contributed by atoms with Crippen molar-refractivity contribution in [3.63, 3.8) is 0 Å². The molecule has 11 atom stereocenters. The van der Waals surface area contributed by atoms with Crippen molar-refractivity contribution in [3.8, 4) is 0 Å². The molecule has 4 rings (SSSR count). The molecule has 0 saturated carbocycles. The van der Waals surface area contributed by atoms with Crippen LogP contribution in [0.2, 0.25) is 0 Å². The number of piperidine rings is 1. The van der Waals surface area contributed by atoms with Crippen molar-refractivity contribution >= 4 is 5.91 Å². The Labute approximate surface area is 350 Å². The van der Waals surface area contributed by atoms with Crippen LogP contribution in [0.15, 0.2) is 0 Å². The number of nitrogens with one attached hydrogen (secondary N) is 1. The monoisotopic (exact) mass is 832 g/mol. The molecule has 58 heavy (non-hydrogen) atoms. The van der Waals surface area contributed by atoms with Crippen LogP contribution in [0.1, 0.15) is 187 Å². The highest BCUT2D eigenvalue weighted by molar-refractivity contribution is 5.86. The number of rotatable bonds is 35. The van der Waals surface area contributed by atoms with Gasteiger partial charge in [-0.05, 0) is 18.8 Å². The molecule has 13 nitrogen and oxygen atoms in total. The second-order valence-corrected chi connectivity index (χ2v) is 17.7. The molecule has 4 heterocycles. The number of aliphatic hydroxyl groups is 7. The van der Waals surface area contributed by atoms with Gasteiger partial charge in [-0.3, -0.25) is 4.79 Å². The van der Waals surface area contributed by atoms with E-state index in [-0.39, 0.29) is 12.3 Å². The first-order chi connectivity index (χ1) is 28.1. The van der Waals surface area contributed by atoms with Gasteiger partial charge in [-0.2, -0.15) is 0 Å². The highest BCUT2D eigenvalue weighted by Crippen LogP contribution is 2.40. The van der Waals surface area contributed by atoms with Gasteiger partial charge in [0.15, 0.2) is 6.29 Å². The normalized spacial score (nSPS) is 29.6. The lowest BCUT2D eigenvalue weighted by molar-refractivity contribution is -0.375. The zero-order valence-corrected chi connectivity index (χ0v) is 36.2. The summed E-state index contributed by atoms with van der Waals surface area (Å²) in [5.41, 5.74) is 0. The molecule has 0 unspecified atom stereocenters. The number of morpholine rings is 1. The Kier molecular flexibility index (Phi) is 26.0. The molecule has 0 aromatic rings. The van der Waals surface area contributed by atoms with Crippen molar-refractivity contribution in [2.75, 3.05) is 19.8 Å². The van der Waals surface area contributed by atoms with Gasteiger partial charge >= 0.3 is 0 Å². The molecule has 13 heteroatoms. The van der Waals surface area contributed by atoms with Gasteiger partial charge < -0.3 is 60.0 Å². The Balaban J connectivity index is 1.54. The topological polar surface area (TPSA) is 208 Å². The minimum absolute atomic E-state index is 0.220. The van der Waals surface area contributed by atoms with Gasteiger partial charge in [-0.25, -0.2) is 0 Å². The van der Waals surface area contributed by atoms with Crippen LogP contribution in [-0.2, 0) is 23.7 Å². The van der Waals surface area contributed by atoms with Crippen LogP contribution in [0, 0.1) is 5.92 Å². The summed E-state index contributed by atoms with van der Waals surface area (Å²) in [5, 5.41) is 76.3. The number of fused-ring (bicyclic) bond motifs is 3. The zero-order valence-electron chi connectivity index (χ0n) is 36.2. The third kappa shape index (κ3) is 17.1. The summed E-state index contributed by atoms with van der Waals surface area (Å²) in [6.07, 6.45) is 19.0. The molecule has 8 N–H and O–H groups in total. The Morgan fingerprint density at radius 2 is 1.17 bits per heavy atom. The van der Waals surface area contributed by atoms with E-state index in [0.29, 0.717) is 6.61 Å². The van der Waals surface area contributed by atoms with Crippen LogP contribution < -0.4 is 5.32 Å². The summed E-state index contributed by atoms with van der Waals surface area (Å²) in [6, 6.07) is -1.09.